The Morgan fingerprint density at radius 3 is 2.36 bits per heavy atom. The number of phenolic OH excluding ortho intramolecular Hbond substituents is 1. The van der Waals surface area contributed by atoms with E-state index in [2.05, 4.69) is 0 Å². The van der Waals surface area contributed by atoms with Gasteiger partial charge in [0.2, 0.25) is 23.6 Å². The van der Waals surface area contributed by atoms with E-state index in [9.17, 15) is 28.7 Å². The van der Waals surface area contributed by atoms with Gasteiger partial charge in [-0.15, -0.1) is 0 Å². The molecule has 0 spiro atoms. The molecule has 6 unspecified atom stereocenters. The summed E-state index contributed by atoms with van der Waals surface area (Å²) in [6.07, 6.45) is 2.43. The van der Waals surface area contributed by atoms with E-state index >= 15 is 0 Å². The monoisotopic (exact) mass is 614 g/mol. The number of imide groups is 2. The number of para-hydroxylation sites is 1. The van der Waals surface area contributed by atoms with Crippen LogP contribution in [0, 0.1) is 34.9 Å². The van der Waals surface area contributed by atoms with Crippen LogP contribution in [-0.4, -0.2) is 35.8 Å². The lowest BCUT2D eigenvalue weighted by atomic mass is 9.51. The third-order valence-electron chi connectivity index (χ3n) is 9.99. The Balaban J connectivity index is 1.38. The fraction of sp³-hybridized carbons (Fsp3) is 0.294. The number of amides is 4. The van der Waals surface area contributed by atoms with Gasteiger partial charge in [-0.05, 0) is 73.7 Å². The number of aromatic hydroxyl groups is 1. The van der Waals surface area contributed by atoms with E-state index in [1.165, 1.54) is 30.2 Å². The van der Waals surface area contributed by atoms with Crippen LogP contribution >= 0.6 is 11.6 Å². The summed E-state index contributed by atoms with van der Waals surface area (Å²) < 4.78 is 19.5. The number of halogens is 2. The SMILES string of the molecule is COc1cc(C2C3=CCC4C(=O)N(c5ccccc5)C(=O)C4C3CC3C(=O)N(c4ccc(F)c(Cl)c4)C(=O)C32C)ccc1O. The van der Waals surface area contributed by atoms with Crippen LogP contribution in [0.3, 0.4) is 0 Å². The van der Waals surface area contributed by atoms with Gasteiger partial charge < -0.3 is 9.84 Å². The molecule has 0 bridgehead atoms. The van der Waals surface area contributed by atoms with E-state index in [0.717, 1.165) is 16.5 Å². The van der Waals surface area contributed by atoms with Crippen LogP contribution in [0.1, 0.15) is 31.2 Å². The molecule has 4 amide bonds. The smallest absolute Gasteiger partial charge is 0.241 e. The minimum atomic E-state index is -1.31. The van der Waals surface area contributed by atoms with Crippen LogP contribution in [-0.2, 0) is 19.2 Å². The van der Waals surface area contributed by atoms with Crippen LogP contribution in [0.25, 0.3) is 0 Å². The van der Waals surface area contributed by atoms with Gasteiger partial charge in [-0.2, -0.15) is 0 Å². The van der Waals surface area contributed by atoms with Crippen molar-refractivity contribution in [3.63, 3.8) is 0 Å². The average Bonchev–Trinajstić information content (AvgIpc) is 3.39. The molecular formula is C34H28ClFN2O6. The first-order valence-electron chi connectivity index (χ1n) is 14.4. The summed E-state index contributed by atoms with van der Waals surface area (Å²) in [6, 6.07) is 17.3. The standard InChI is InChI=1S/C34H28ClFN2O6/c1-34-23(31(41)38(33(34)43)19-9-12-25(36)24(35)15-19)16-22-20(29(34)17-8-13-26(39)27(14-17)44-2)10-11-21-28(22)32(42)37(30(21)40)18-6-4-3-5-7-18/h3-10,12-15,21-23,28-29,39H,11,16H2,1-2H3. The number of carbonyl (C=O) groups is 4. The van der Waals surface area contributed by atoms with Gasteiger partial charge in [-0.1, -0.05) is 47.5 Å². The molecular weight excluding hydrogens is 587 g/mol. The molecule has 3 fully saturated rings. The minimum absolute atomic E-state index is 0.0884. The Morgan fingerprint density at radius 2 is 1.66 bits per heavy atom. The van der Waals surface area contributed by atoms with E-state index in [-0.39, 0.29) is 40.4 Å². The summed E-state index contributed by atoms with van der Waals surface area (Å²) in [4.78, 5) is 58.7. The van der Waals surface area contributed by atoms with Crippen LogP contribution in [0.5, 0.6) is 11.5 Å². The number of hydrogen-bond acceptors (Lipinski definition) is 6. The molecule has 7 rings (SSSR count). The van der Waals surface area contributed by atoms with Crippen molar-refractivity contribution in [3.8, 4) is 11.5 Å². The quantitative estimate of drug-likeness (QED) is 0.302. The summed E-state index contributed by atoms with van der Waals surface area (Å²) >= 11 is 6.06. The van der Waals surface area contributed by atoms with Crippen LogP contribution in [0.4, 0.5) is 15.8 Å². The molecule has 224 valence electrons. The summed E-state index contributed by atoms with van der Waals surface area (Å²) in [5.41, 5.74) is 0.763. The molecule has 0 aromatic heterocycles. The Morgan fingerprint density at radius 1 is 0.909 bits per heavy atom. The van der Waals surface area contributed by atoms with E-state index in [4.69, 9.17) is 16.3 Å². The molecule has 4 aliphatic rings. The van der Waals surface area contributed by atoms with E-state index < -0.39 is 52.6 Å². The van der Waals surface area contributed by atoms with Gasteiger partial charge in [0.25, 0.3) is 0 Å². The number of ether oxygens (including phenoxy) is 1. The number of fused-ring (bicyclic) bond motifs is 4. The van der Waals surface area contributed by atoms with Gasteiger partial charge >= 0.3 is 0 Å². The molecule has 2 saturated heterocycles. The number of rotatable bonds is 4. The predicted molar refractivity (Wildman–Crippen MR) is 160 cm³/mol. The van der Waals surface area contributed by atoms with E-state index in [0.29, 0.717) is 17.7 Å². The largest absolute Gasteiger partial charge is 0.504 e. The molecule has 1 N–H and O–H groups in total. The Labute approximate surface area is 257 Å². The van der Waals surface area contributed by atoms with E-state index in [1.807, 2.05) is 12.1 Å². The fourth-order valence-electron chi connectivity index (χ4n) is 7.97. The zero-order valence-corrected chi connectivity index (χ0v) is 24.6. The molecule has 8 nitrogen and oxygen atoms in total. The van der Waals surface area contributed by atoms with Crippen molar-refractivity contribution >= 4 is 46.6 Å². The van der Waals surface area contributed by atoms with Crippen molar-refractivity contribution in [2.75, 3.05) is 16.9 Å². The fourth-order valence-corrected chi connectivity index (χ4v) is 8.15. The Hall–Kier alpha value is -4.50. The highest BCUT2D eigenvalue weighted by Gasteiger charge is 2.67. The lowest BCUT2D eigenvalue weighted by Gasteiger charge is -2.49. The minimum Gasteiger partial charge on any atom is -0.504 e. The first kappa shape index (κ1) is 28.3. The zero-order valence-electron chi connectivity index (χ0n) is 23.9. The van der Waals surface area contributed by atoms with Crippen molar-refractivity contribution in [1.29, 1.82) is 0 Å². The third-order valence-corrected chi connectivity index (χ3v) is 10.3. The van der Waals surface area contributed by atoms with Crippen LogP contribution in [0.15, 0.2) is 78.4 Å². The van der Waals surface area contributed by atoms with Crippen molar-refractivity contribution in [1.82, 2.24) is 0 Å². The maximum Gasteiger partial charge on any atom is 0.241 e. The highest BCUT2D eigenvalue weighted by atomic mass is 35.5. The number of methoxy groups -OCH3 is 1. The lowest BCUT2D eigenvalue weighted by Crippen LogP contribution is -2.48. The predicted octanol–water partition coefficient (Wildman–Crippen LogP) is 5.63. The number of nitrogens with zero attached hydrogens (tertiary/aromatic N) is 2. The molecule has 3 aromatic rings. The van der Waals surface area contributed by atoms with Crippen LogP contribution in [0.2, 0.25) is 5.02 Å². The normalized spacial score (nSPS) is 29.4. The molecule has 44 heavy (non-hydrogen) atoms. The molecule has 6 atom stereocenters. The van der Waals surface area contributed by atoms with Gasteiger partial charge in [0, 0.05) is 5.92 Å². The number of benzene rings is 3. The van der Waals surface area contributed by atoms with Gasteiger partial charge in [-0.25, -0.2) is 9.29 Å². The average molecular weight is 615 g/mol. The van der Waals surface area contributed by atoms with Crippen LogP contribution < -0.4 is 14.5 Å². The van der Waals surface area contributed by atoms with Gasteiger partial charge in [0.1, 0.15) is 5.82 Å². The van der Waals surface area contributed by atoms with Gasteiger partial charge in [-0.3, -0.25) is 24.1 Å². The van der Waals surface area contributed by atoms with E-state index in [1.54, 1.807) is 43.3 Å². The number of anilines is 2. The Bertz CT molecular complexity index is 1790. The second-order valence-corrected chi connectivity index (χ2v) is 12.4. The highest BCUT2D eigenvalue weighted by molar-refractivity contribution is 6.32. The molecule has 2 aliphatic heterocycles. The maximum absolute atomic E-state index is 14.5. The maximum atomic E-state index is 14.5. The number of hydrogen-bond donors (Lipinski definition) is 1. The molecule has 2 heterocycles. The summed E-state index contributed by atoms with van der Waals surface area (Å²) in [6.45, 7) is 1.74. The summed E-state index contributed by atoms with van der Waals surface area (Å²) in [5.74, 6) is -5.51. The summed E-state index contributed by atoms with van der Waals surface area (Å²) in [7, 11) is 1.42. The Kier molecular flexibility index (Phi) is 6.44. The number of carbonyl (C=O) groups excluding carboxylic acids is 4. The van der Waals surface area contributed by atoms with Gasteiger partial charge in [0.15, 0.2) is 11.5 Å². The molecule has 0 radical (unpaired) electrons. The zero-order chi connectivity index (χ0) is 31.1. The van der Waals surface area contributed by atoms with Crippen molar-refractivity contribution < 1.29 is 33.4 Å². The van der Waals surface area contributed by atoms with Crippen molar-refractivity contribution in [3.05, 3.63) is 94.8 Å². The molecule has 10 heteroatoms. The number of allylic oxidation sites excluding steroid dienone is 2. The molecule has 2 aliphatic carbocycles. The molecule has 3 aromatic carbocycles. The first-order valence-corrected chi connectivity index (χ1v) is 14.8. The highest BCUT2D eigenvalue weighted by Crippen LogP contribution is 2.64. The topological polar surface area (TPSA) is 104 Å². The first-order chi connectivity index (χ1) is 21.1. The van der Waals surface area contributed by atoms with Gasteiger partial charge in [0.05, 0.1) is 46.7 Å². The van der Waals surface area contributed by atoms with Crippen molar-refractivity contribution in [2.45, 2.75) is 25.7 Å². The lowest BCUT2D eigenvalue weighted by molar-refractivity contribution is -0.131. The third kappa shape index (κ3) is 3.81. The second-order valence-electron chi connectivity index (χ2n) is 12.0. The number of phenols is 1. The second kappa shape index (κ2) is 10.0. The van der Waals surface area contributed by atoms with Crippen molar-refractivity contribution in [2.24, 2.45) is 29.1 Å². The molecule has 1 saturated carbocycles. The summed E-state index contributed by atoms with van der Waals surface area (Å²) in [5, 5.41) is 10.2.